The molecular weight excluding hydrogens is 379 g/mol. The maximum absolute atomic E-state index is 6.23. The van der Waals surface area contributed by atoms with Crippen LogP contribution in [0, 0.1) is 6.92 Å². The van der Waals surface area contributed by atoms with Crippen LogP contribution < -0.4 is 10.6 Å². The highest BCUT2D eigenvalue weighted by Crippen LogP contribution is 2.25. The van der Waals surface area contributed by atoms with Crippen molar-refractivity contribution in [3.05, 3.63) is 45.6 Å². The lowest BCUT2D eigenvalue weighted by Gasteiger charge is -2.09. The quantitative estimate of drug-likeness (QED) is 0.511. The van der Waals surface area contributed by atoms with Crippen molar-refractivity contribution in [3.63, 3.8) is 0 Å². The molecule has 0 bridgehead atoms. The van der Waals surface area contributed by atoms with Crippen molar-refractivity contribution in [1.82, 2.24) is 15.1 Å². The Kier molecular flexibility index (Phi) is 7.96. The van der Waals surface area contributed by atoms with Crippen LogP contribution in [-0.2, 0) is 11.3 Å². The summed E-state index contributed by atoms with van der Waals surface area (Å²) in [5.41, 5.74) is 1.83. The average Bonchev–Trinajstić information content (AvgIpc) is 2.90. The zero-order valence-electron chi connectivity index (χ0n) is 14.3. The molecule has 0 aliphatic rings. The standard InChI is InChI=1S/C17H22Cl2N4OS/c1-3-24-9-5-8-20-17(25)21-16-10-12(2)23(22-16)11-13-14(18)6-4-7-15(13)19/h4,6-7,10H,3,5,8-9,11H2,1-2H3,(H2,20,21,22,25). The van der Waals surface area contributed by atoms with Crippen molar-refractivity contribution >= 4 is 46.4 Å². The number of aryl methyl sites for hydroxylation is 1. The molecule has 136 valence electrons. The Morgan fingerprint density at radius 3 is 2.72 bits per heavy atom. The number of rotatable bonds is 8. The molecule has 0 radical (unpaired) electrons. The number of halogens is 2. The van der Waals surface area contributed by atoms with E-state index in [0.717, 1.165) is 37.4 Å². The summed E-state index contributed by atoms with van der Waals surface area (Å²) in [6, 6.07) is 7.40. The van der Waals surface area contributed by atoms with E-state index < -0.39 is 0 Å². The van der Waals surface area contributed by atoms with Gasteiger partial charge >= 0.3 is 0 Å². The highest BCUT2D eigenvalue weighted by Gasteiger charge is 2.10. The second-order valence-electron chi connectivity index (χ2n) is 5.46. The van der Waals surface area contributed by atoms with E-state index in [-0.39, 0.29) is 0 Å². The summed E-state index contributed by atoms with van der Waals surface area (Å²) in [4.78, 5) is 0. The summed E-state index contributed by atoms with van der Waals surface area (Å²) >= 11 is 17.8. The maximum Gasteiger partial charge on any atom is 0.171 e. The summed E-state index contributed by atoms with van der Waals surface area (Å²) < 4.78 is 7.13. The van der Waals surface area contributed by atoms with Crippen molar-refractivity contribution in [3.8, 4) is 0 Å². The van der Waals surface area contributed by atoms with Gasteiger partial charge in [-0.3, -0.25) is 4.68 Å². The van der Waals surface area contributed by atoms with Crippen LogP contribution in [0.4, 0.5) is 5.82 Å². The number of benzene rings is 1. The molecule has 0 atom stereocenters. The molecule has 2 N–H and O–H groups in total. The third kappa shape index (κ3) is 6.15. The fourth-order valence-electron chi connectivity index (χ4n) is 2.25. The molecule has 1 aromatic heterocycles. The Balaban J connectivity index is 1.92. The number of hydrogen-bond donors (Lipinski definition) is 2. The van der Waals surface area contributed by atoms with Crippen LogP contribution in [-0.4, -0.2) is 34.7 Å². The van der Waals surface area contributed by atoms with Crippen molar-refractivity contribution < 1.29 is 4.74 Å². The van der Waals surface area contributed by atoms with E-state index in [9.17, 15) is 0 Å². The second-order valence-corrected chi connectivity index (χ2v) is 6.68. The van der Waals surface area contributed by atoms with Gasteiger partial charge in [0.05, 0.1) is 6.54 Å². The predicted octanol–water partition coefficient (Wildman–Crippen LogP) is 4.26. The Morgan fingerprint density at radius 2 is 2.04 bits per heavy atom. The first-order valence-electron chi connectivity index (χ1n) is 8.11. The molecule has 1 heterocycles. The molecule has 0 amide bonds. The molecule has 0 aliphatic carbocycles. The normalized spacial score (nSPS) is 10.7. The second kappa shape index (κ2) is 9.97. The Bertz CT molecular complexity index is 700. The number of thiocarbonyl (C=S) groups is 1. The van der Waals surface area contributed by atoms with Gasteiger partial charge in [0.25, 0.3) is 0 Å². The first kappa shape index (κ1) is 20.0. The molecule has 8 heteroatoms. The van der Waals surface area contributed by atoms with Crippen molar-refractivity contribution in [1.29, 1.82) is 0 Å². The van der Waals surface area contributed by atoms with Gasteiger partial charge in [-0.05, 0) is 44.6 Å². The van der Waals surface area contributed by atoms with Gasteiger partial charge in [0.2, 0.25) is 0 Å². The molecule has 25 heavy (non-hydrogen) atoms. The Hall–Kier alpha value is -1.34. The topological polar surface area (TPSA) is 51.1 Å². The molecule has 1 aromatic carbocycles. The lowest BCUT2D eigenvalue weighted by molar-refractivity contribution is 0.146. The molecule has 0 unspecified atom stereocenters. The highest BCUT2D eigenvalue weighted by atomic mass is 35.5. The molecule has 2 rings (SSSR count). The fraction of sp³-hybridized carbons (Fsp3) is 0.412. The van der Waals surface area contributed by atoms with Crippen LogP contribution in [0.1, 0.15) is 24.6 Å². The number of nitrogens with one attached hydrogen (secondary N) is 2. The fourth-order valence-corrected chi connectivity index (χ4v) is 2.97. The van der Waals surface area contributed by atoms with Crippen molar-refractivity contribution in [2.24, 2.45) is 0 Å². The zero-order valence-corrected chi connectivity index (χ0v) is 16.6. The summed E-state index contributed by atoms with van der Waals surface area (Å²) in [5.74, 6) is 0.683. The van der Waals surface area contributed by atoms with Crippen LogP contribution in [0.15, 0.2) is 24.3 Å². The van der Waals surface area contributed by atoms with Crippen LogP contribution in [0.2, 0.25) is 10.0 Å². The third-order valence-corrected chi connectivity index (χ3v) is 4.50. The lowest BCUT2D eigenvalue weighted by atomic mass is 10.2. The Morgan fingerprint density at radius 1 is 1.32 bits per heavy atom. The summed E-state index contributed by atoms with van der Waals surface area (Å²) in [6.45, 7) is 6.66. The van der Waals surface area contributed by atoms with Crippen molar-refractivity contribution in [2.75, 3.05) is 25.1 Å². The third-order valence-electron chi connectivity index (χ3n) is 3.55. The maximum atomic E-state index is 6.23. The number of anilines is 1. The van der Waals surface area contributed by atoms with Gasteiger partial charge in [-0.1, -0.05) is 29.3 Å². The van der Waals surface area contributed by atoms with Crippen LogP contribution in [0.5, 0.6) is 0 Å². The molecule has 0 saturated carbocycles. The predicted molar refractivity (Wildman–Crippen MR) is 108 cm³/mol. The zero-order chi connectivity index (χ0) is 18.2. The number of aromatic nitrogens is 2. The molecular formula is C17H22Cl2N4OS. The Labute approximate surface area is 163 Å². The molecule has 5 nitrogen and oxygen atoms in total. The summed E-state index contributed by atoms with van der Waals surface area (Å²) in [7, 11) is 0. The van der Waals surface area contributed by atoms with Gasteiger partial charge in [-0.15, -0.1) is 0 Å². The molecule has 0 saturated heterocycles. The summed E-state index contributed by atoms with van der Waals surface area (Å²) in [5, 5.41) is 12.5. The smallest absolute Gasteiger partial charge is 0.171 e. The largest absolute Gasteiger partial charge is 0.382 e. The van der Waals surface area contributed by atoms with E-state index in [1.807, 2.05) is 42.8 Å². The van der Waals surface area contributed by atoms with E-state index in [1.54, 1.807) is 0 Å². The first-order chi connectivity index (χ1) is 12.0. The highest BCUT2D eigenvalue weighted by molar-refractivity contribution is 7.80. The monoisotopic (exact) mass is 400 g/mol. The van der Waals surface area contributed by atoms with Crippen LogP contribution in [0.25, 0.3) is 0 Å². The summed E-state index contributed by atoms with van der Waals surface area (Å²) in [6.07, 6.45) is 0.897. The van der Waals surface area contributed by atoms with E-state index in [2.05, 4.69) is 15.7 Å². The molecule has 0 spiro atoms. The molecule has 0 aliphatic heterocycles. The minimum atomic E-state index is 0.501. The SMILES string of the molecule is CCOCCCNC(=S)Nc1cc(C)n(Cc2c(Cl)cccc2Cl)n1. The molecule has 0 fully saturated rings. The van der Waals surface area contributed by atoms with Gasteiger partial charge < -0.3 is 15.4 Å². The molecule has 2 aromatic rings. The van der Waals surface area contributed by atoms with Crippen LogP contribution in [0.3, 0.4) is 0 Å². The minimum absolute atomic E-state index is 0.501. The van der Waals surface area contributed by atoms with E-state index in [1.165, 1.54) is 0 Å². The number of nitrogens with zero attached hydrogens (tertiary/aromatic N) is 2. The van der Waals surface area contributed by atoms with Gasteiger partial charge in [-0.25, -0.2) is 0 Å². The van der Waals surface area contributed by atoms with Gasteiger partial charge in [0, 0.05) is 47.1 Å². The number of hydrogen-bond acceptors (Lipinski definition) is 3. The van der Waals surface area contributed by atoms with Crippen molar-refractivity contribution in [2.45, 2.75) is 26.8 Å². The van der Waals surface area contributed by atoms with Gasteiger partial charge in [-0.2, -0.15) is 5.10 Å². The van der Waals surface area contributed by atoms with Gasteiger partial charge in [0.15, 0.2) is 10.9 Å². The van der Waals surface area contributed by atoms with E-state index in [0.29, 0.717) is 27.5 Å². The first-order valence-corrected chi connectivity index (χ1v) is 9.27. The number of ether oxygens (including phenoxy) is 1. The van der Waals surface area contributed by atoms with Crippen LogP contribution >= 0.6 is 35.4 Å². The van der Waals surface area contributed by atoms with E-state index >= 15 is 0 Å². The van der Waals surface area contributed by atoms with Gasteiger partial charge in [0.1, 0.15) is 0 Å². The lowest BCUT2D eigenvalue weighted by Crippen LogP contribution is -2.30. The minimum Gasteiger partial charge on any atom is -0.382 e. The average molecular weight is 401 g/mol. The van der Waals surface area contributed by atoms with E-state index in [4.69, 9.17) is 40.2 Å².